The van der Waals surface area contributed by atoms with Crippen LogP contribution in [0.5, 0.6) is 0 Å². The van der Waals surface area contributed by atoms with Gasteiger partial charge in [0, 0.05) is 44.6 Å². The third-order valence-electron chi connectivity index (χ3n) is 9.12. The molecule has 2 amide bonds. The molecule has 2 aromatic rings. The van der Waals surface area contributed by atoms with Crippen LogP contribution in [0.3, 0.4) is 0 Å². The van der Waals surface area contributed by atoms with Gasteiger partial charge in [-0.15, -0.1) is 0 Å². The summed E-state index contributed by atoms with van der Waals surface area (Å²) in [4.78, 5) is 37.5. The Labute approximate surface area is 255 Å². The standard InChI is InChI=1S/C29H32Cl2N6O4S/c1-35-10-12-36(13-11-35)20-3-4-24(22(30)14-20)42(40,41)21-15-23(26(38)34-28(18-32)6-7-28)37(17-21)27(39)29(8-9-29)19-2-5-25(31)33-16-19/h2-5,14,16,21,23H,6-13,15,17H2,1H3,(H,34,38)/t21?,23-/m0/s1. The molecular formula is C29H32Cl2N6O4S. The van der Waals surface area contributed by atoms with E-state index in [4.69, 9.17) is 23.2 Å². The van der Waals surface area contributed by atoms with Gasteiger partial charge in [0.15, 0.2) is 9.84 Å². The Balaban J connectivity index is 1.28. The van der Waals surface area contributed by atoms with Gasteiger partial charge in [-0.1, -0.05) is 29.3 Å². The zero-order valence-electron chi connectivity index (χ0n) is 23.2. The predicted octanol–water partition coefficient (Wildman–Crippen LogP) is 2.79. The molecule has 1 unspecified atom stereocenters. The average Bonchev–Trinajstić information content (AvgIpc) is 3.89. The van der Waals surface area contributed by atoms with E-state index in [1.807, 2.05) is 0 Å². The molecule has 222 valence electrons. The number of nitrogens with zero attached hydrogens (tertiary/aromatic N) is 5. The lowest BCUT2D eigenvalue weighted by Gasteiger charge is -2.34. The number of nitrogens with one attached hydrogen (secondary N) is 1. The van der Waals surface area contributed by atoms with Gasteiger partial charge in [0.1, 0.15) is 16.7 Å². The van der Waals surface area contributed by atoms with Crippen molar-refractivity contribution in [3.63, 3.8) is 0 Å². The highest BCUT2D eigenvalue weighted by molar-refractivity contribution is 7.92. The summed E-state index contributed by atoms with van der Waals surface area (Å²) >= 11 is 12.6. The number of aromatic nitrogens is 1. The van der Waals surface area contributed by atoms with E-state index in [1.54, 1.807) is 30.5 Å². The SMILES string of the molecule is CN1CCN(c2ccc(S(=O)(=O)C3C[C@@H](C(=O)NC4(C#N)CC4)N(C(=O)C4(c5ccc(Cl)nc5)CC4)C3)c(Cl)c2)CC1. The molecule has 2 atom stereocenters. The van der Waals surface area contributed by atoms with Gasteiger partial charge in [0.2, 0.25) is 11.8 Å². The van der Waals surface area contributed by atoms with Crippen molar-refractivity contribution in [1.82, 2.24) is 20.1 Å². The van der Waals surface area contributed by atoms with Crippen molar-refractivity contribution in [3.8, 4) is 6.07 Å². The summed E-state index contributed by atoms with van der Waals surface area (Å²) in [5, 5.41) is 11.7. The first kappa shape index (κ1) is 29.2. The van der Waals surface area contributed by atoms with E-state index in [9.17, 15) is 23.3 Å². The summed E-state index contributed by atoms with van der Waals surface area (Å²) < 4.78 is 28.0. The molecule has 0 spiro atoms. The minimum atomic E-state index is -4.01. The van der Waals surface area contributed by atoms with E-state index in [0.29, 0.717) is 36.4 Å². The normalized spacial score (nSPS) is 24.6. The number of hydrogen-bond donors (Lipinski definition) is 1. The maximum Gasteiger partial charge on any atom is 0.244 e. The maximum atomic E-state index is 14.1. The molecule has 4 aliphatic rings. The Morgan fingerprint density at radius 2 is 1.79 bits per heavy atom. The van der Waals surface area contributed by atoms with Gasteiger partial charge in [-0.3, -0.25) is 9.59 Å². The first-order valence-electron chi connectivity index (χ1n) is 14.1. The minimum Gasteiger partial charge on any atom is -0.369 e. The van der Waals surface area contributed by atoms with Gasteiger partial charge in [-0.2, -0.15) is 5.26 Å². The highest BCUT2D eigenvalue weighted by atomic mass is 35.5. The summed E-state index contributed by atoms with van der Waals surface area (Å²) in [6, 6.07) is 9.43. The monoisotopic (exact) mass is 630 g/mol. The second kappa shape index (κ2) is 10.7. The van der Waals surface area contributed by atoms with Crippen LogP contribution in [0.4, 0.5) is 5.69 Å². The molecule has 3 heterocycles. The Hall–Kier alpha value is -2.91. The fourth-order valence-electron chi connectivity index (χ4n) is 6.05. The van der Waals surface area contributed by atoms with Crippen LogP contribution >= 0.6 is 23.2 Å². The van der Waals surface area contributed by atoms with E-state index < -0.39 is 38.0 Å². The number of carbonyl (C=O) groups is 2. The van der Waals surface area contributed by atoms with Crippen LogP contribution in [0.25, 0.3) is 0 Å². The molecule has 0 radical (unpaired) electrons. The van der Waals surface area contributed by atoms with Crippen molar-refractivity contribution in [2.45, 2.75) is 59.2 Å². The average molecular weight is 632 g/mol. The number of sulfone groups is 1. The second-order valence-corrected chi connectivity index (χ2v) is 14.9. The van der Waals surface area contributed by atoms with E-state index in [1.165, 1.54) is 11.0 Å². The number of anilines is 1. The lowest BCUT2D eigenvalue weighted by molar-refractivity contribution is -0.140. The molecular weight excluding hydrogens is 599 g/mol. The first-order chi connectivity index (χ1) is 20.0. The third kappa shape index (κ3) is 5.23. The van der Waals surface area contributed by atoms with Crippen LogP contribution in [0.2, 0.25) is 10.2 Å². The number of likely N-dealkylation sites (N-methyl/N-ethyl adjacent to an activating group) is 1. The summed E-state index contributed by atoms with van der Waals surface area (Å²) in [6.45, 7) is 3.26. The van der Waals surface area contributed by atoms with E-state index in [0.717, 1.165) is 31.9 Å². The van der Waals surface area contributed by atoms with Crippen LogP contribution < -0.4 is 10.2 Å². The van der Waals surface area contributed by atoms with Crippen molar-refractivity contribution >= 4 is 50.5 Å². The fraction of sp³-hybridized carbons (Fsp3) is 0.517. The summed E-state index contributed by atoms with van der Waals surface area (Å²) in [5.74, 6) is -0.829. The highest BCUT2D eigenvalue weighted by Gasteiger charge is 2.58. The van der Waals surface area contributed by atoms with E-state index >= 15 is 0 Å². The van der Waals surface area contributed by atoms with Crippen LogP contribution in [0, 0.1) is 11.3 Å². The van der Waals surface area contributed by atoms with Crippen molar-refractivity contribution in [3.05, 3.63) is 52.3 Å². The molecule has 2 aliphatic carbocycles. The van der Waals surface area contributed by atoms with E-state index in [-0.39, 0.29) is 28.8 Å². The largest absolute Gasteiger partial charge is 0.369 e. The number of halogens is 2. The number of piperazine rings is 1. The summed E-state index contributed by atoms with van der Waals surface area (Å²) in [5.41, 5.74) is -0.308. The molecule has 0 bridgehead atoms. The molecule has 1 N–H and O–H groups in total. The molecule has 1 aromatic heterocycles. The summed E-state index contributed by atoms with van der Waals surface area (Å²) in [6.07, 6.45) is 3.62. The smallest absolute Gasteiger partial charge is 0.244 e. The highest BCUT2D eigenvalue weighted by Crippen LogP contribution is 2.51. The number of nitriles is 1. The molecule has 1 aromatic carbocycles. The Bertz CT molecular complexity index is 1560. The van der Waals surface area contributed by atoms with Crippen molar-refractivity contribution in [2.75, 3.05) is 44.7 Å². The maximum absolute atomic E-state index is 14.1. The van der Waals surface area contributed by atoms with Crippen LogP contribution in [-0.4, -0.2) is 91.6 Å². The molecule has 13 heteroatoms. The summed E-state index contributed by atoms with van der Waals surface area (Å²) in [7, 11) is -1.95. The quantitative estimate of drug-likeness (QED) is 0.463. The molecule has 6 rings (SSSR count). The number of benzene rings is 1. The van der Waals surface area contributed by atoms with Gasteiger partial charge in [-0.05, 0) is 69.0 Å². The Morgan fingerprint density at radius 3 is 2.36 bits per heavy atom. The van der Waals surface area contributed by atoms with Crippen LogP contribution in [0.15, 0.2) is 41.4 Å². The number of likely N-dealkylation sites (tertiary alicyclic amines) is 1. The lowest BCUT2D eigenvalue weighted by Crippen LogP contribution is -2.51. The zero-order chi connectivity index (χ0) is 29.9. The number of pyridine rings is 1. The molecule has 42 heavy (non-hydrogen) atoms. The molecule has 2 saturated carbocycles. The molecule has 4 fully saturated rings. The topological polar surface area (TPSA) is 127 Å². The molecule has 2 saturated heterocycles. The molecule has 2 aliphatic heterocycles. The van der Waals surface area contributed by atoms with Gasteiger partial charge in [0.05, 0.1) is 26.7 Å². The number of amides is 2. The molecule has 10 nitrogen and oxygen atoms in total. The second-order valence-electron chi connectivity index (χ2n) is 11.9. The lowest BCUT2D eigenvalue weighted by atomic mass is 9.95. The first-order valence-corrected chi connectivity index (χ1v) is 16.4. The number of carbonyl (C=O) groups excluding carboxylic acids is 2. The minimum absolute atomic E-state index is 0.0146. The van der Waals surface area contributed by atoms with Gasteiger partial charge in [0.25, 0.3) is 0 Å². The van der Waals surface area contributed by atoms with Crippen LogP contribution in [0.1, 0.15) is 37.7 Å². The number of hydrogen-bond acceptors (Lipinski definition) is 8. The Kier molecular flexibility index (Phi) is 7.41. The van der Waals surface area contributed by atoms with E-state index in [2.05, 4.69) is 33.2 Å². The van der Waals surface area contributed by atoms with Crippen molar-refractivity contribution in [2.24, 2.45) is 0 Å². The third-order valence-corrected chi connectivity index (χ3v) is 12.0. The predicted molar refractivity (Wildman–Crippen MR) is 158 cm³/mol. The van der Waals surface area contributed by atoms with Crippen molar-refractivity contribution < 1.29 is 18.0 Å². The fourth-order valence-corrected chi connectivity index (χ4v) is 8.40. The zero-order valence-corrected chi connectivity index (χ0v) is 25.6. The van der Waals surface area contributed by atoms with Gasteiger partial charge >= 0.3 is 0 Å². The van der Waals surface area contributed by atoms with Crippen molar-refractivity contribution in [1.29, 1.82) is 5.26 Å². The Morgan fingerprint density at radius 1 is 1.07 bits per heavy atom. The van der Waals surface area contributed by atoms with Gasteiger partial charge in [-0.25, -0.2) is 13.4 Å². The number of rotatable bonds is 7. The van der Waals surface area contributed by atoms with Crippen LogP contribution in [-0.2, 0) is 24.8 Å². The van der Waals surface area contributed by atoms with Gasteiger partial charge < -0.3 is 20.0 Å².